The third-order valence-corrected chi connectivity index (χ3v) is 13.8. The molecule has 2 aromatic carbocycles. The average molecular weight is 936 g/mol. The molecule has 2 saturated carbocycles. The molecule has 2 aliphatic rings. The number of hydrogen-bond donors (Lipinski definition) is 0. The van der Waals surface area contributed by atoms with Gasteiger partial charge in [0.25, 0.3) is 0 Å². The quantitative estimate of drug-likeness (QED) is 0.0966. The molecule has 386 valence electrons. The Hall–Kier alpha value is -2.49. The summed E-state index contributed by atoms with van der Waals surface area (Å²) in [6, 6.07) is 17.4. The molecular weight excluding hydrogens is 828 g/mol. The van der Waals surface area contributed by atoms with Crippen molar-refractivity contribution in [3.63, 3.8) is 0 Å². The number of rotatable bonds is 20. The van der Waals surface area contributed by atoms with Crippen LogP contribution in [0.25, 0.3) is 0 Å². The second-order valence-electron chi connectivity index (χ2n) is 20.7. The van der Waals surface area contributed by atoms with Gasteiger partial charge in [-0.2, -0.15) is 4.94 Å². The molecule has 4 rings (SSSR count). The molecule has 4 unspecified atom stereocenters. The Kier molecular flexibility index (Phi) is 36.9. The lowest BCUT2D eigenvalue weighted by Gasteiger charge is -2.33. The highest BCUT2D eigenvalue weighted by molar-refractivity contribution is 5.53. The zero-order valence-corrected chi connectivity index (χ0v) is 44.3. The smallest absolute Gasteiger partial charge is 0.356 e. The molecule has 8 heteroatoms. The van der Waals surface area contributed by atoms with Gasteiger partial charge in [-0.05, 0) is 125 Å². The standard InChI is InChI=1S/C15H30O2.C15H24O2.C13H24O.C13H18O.CH3FO.CH4.H2/c2*1-11(2)14-8-6-13(7-9-14)10-12(3)15(16-4)17-5;2*1-10(2)13-6-4-12(5-7-13)8-11(3)9-14;1-3-2;;/h11-15H,6-10H2,1-5H3;6-9,11-12,15H,10H2,1-5H3;9-13H,4-8H2,1-3H3;4-7,9-11H,8H2,1-3H3;1H3;1H4;1H/p+1/i;;;;1T;;. The summed E-state index contributed by atoms with van der Waals surface area (Å²) in [5.41, 5.74) is 5.32. The van der Waals surface area contributed by atoms with E-state index in [1.165, 1.54) is 80.0 Å². The van der Waals surface area contributed by atoms with Gasteiger partial charge < -0.3 is 28.5 Å². The maximum Gasteiger partial charge on any atom is 1.00 e. The number of carbonyl (C=O) groups excluding carboxylic acids is 2. The summed E-state index contributed by atoms with van der Waals surface area (Å²) in [6.45, 7) is 26.6. The summed E-state index contributed by atoms with van der Waals surface area (Å²) in [5, 5.41) is 0. The molecule has 0 bridgehead atoms. The van der Waals surface area contributed by atoms with E-state index < -0.39 is 7.09 Å². The first-order chi connectivity index (χ1) is 31.3. The molecule has 2 aromatic rings. The summed E-state index contributed by atoms with van der Waals surface area (Å²) >= 11 is 0. The second-order valence-corrected chi connectivity index (χ2v) is 20.7. The predicted molar refractivity (Wildman–Crippen MR) is 281 cm³/mol. The lowest BCUT2D eigenvalue weighted by molar-refractivity contribution is -0.137. The number of benzene rings is 2. The Morgan fingerprint density at radius 3 is 1.20 bits per heavy atom. The van der Waals surface area contributed by atoms with E-state index >= 15 is 0 Å². The normalized spacial score (nSPS) is 20.2. The van der Waals surface area contributed by atoms with Crippen molar-refractivity contribution in [3.05, 3.63) is 70.8 Å². The fourth-order valence-electron chi connectivity index (χ4n) is 9.49. The van der Waals surface area contributed by atoms with Crippen LogP contribution in [-0.2, 0) is 46.3 Å². The van der Waals surface area contributed by atoms with E-state index in [4.69, 9.17) is 20.3 Å². The first-order valence-corrected chi connectivity index (χ1v) is 25.1. The van der Waals surface area contributed by atoms with Gasteiger partial charge in [0.2, 0.25) is 0 Å². The van der Waals surface area contributed by atoms with Crippen molar-refractivity contribution in [2.24, 2.45) is 59.2 Å². The Morgan fingerprint density at radius 1 is 0.561 bits per heavy atom. The number of carbonyl (C=O) groups is 2. The SMILES string of the molecule is C.CC(C=O)CC1CCC(C(C)C)CC1.CC(C=O)Cc1ccc(C(C)C)cc1.COC(OC)C(C)CC1CCC(C(C)C)CC1.COC(OC)C(C)Cc1ccc(C(C)C)cc1.[3H]COF.[H+].[HH]. The zero-order valence-electron chi connectivity index (χ0n) is 46.3. The monoisotopic (exact) mass is 936 g/mol. The van der Waals surface area contributed by atoms with Gasteiger partial charge >= 0.3 is 1.43 Å². The van der Waals surface area contributed by atoms with Crippen molar-refractivity contribution < 1.29 is 42.2 Å². The lowest BCUT2D eigenvalue weighted by Crippen LogP contribution is -2.26. The van der Waals surface area contributed by atoms with Gasteiger partial charge in [0, 0.05) is 53.5 Å². The molecule has 7 nitrogen and oxygen atoms in total. The Morgan fingerprint density at radius 2 is 0.894 bits per heavy atom. The maximum absolute atomic E-state index is 10.6. The van der Waals surface area contributed by atoms with E-state index in [0.717, 1.165) is 67.3 Å². The number of ether oxygens (including phenoxy) is 4. The minimum Gasteiger partial charge on any atom is -0.356 e. The molecular formula is C58H106FO7+. The Balaban J connectivity index is -0.000000393. The van der Waals surface area contributed by atoms with Crippen LogP contribution in [0.15, 0.2) is 48.5 Å². The van der Waals surface area contributed by atoms with E-state index in [1.807, 2.05) is 13.8 Å². The van der Waals surface area contributed by atoms with Gasteiger partial charge in [0.15, 0.2) is 12.6 Å². The molecule has 0 heterocycles. The van der Waals surface area contributed by atoms with Gasteiger partial charge in [0.1, 0.15) is 12.6 Å². The van der Waals surface area contributed by atoms with E-state index in [0.29, 0.717) is 23.7 Å². The summed E-state index contributed by atoms with van der Waals surface area (Å²) in [7, 11) is 6.25. The molecule has 0 saturated heterocycles. The second kappa shape index (κ2) is 38.4. The number of halogens is 1. The van der Waals surface area contributed by atoms with Crippen LogP contribution in [0, 0.1) is 59.2 Å². The highest BCUT2D eigenvalue weighted by atomic mass is 19.3. The molecule has 4 atom stereocenters. The average Bonchev–Trinajstić information content (AvgIpc) is 3.31. The molecule has 0 spiro atoms. The number of hydrogen-bond acceptors (Lipinski definition) is 7. The van der Waals surface area contributed by atoms with Crippen molar-refractivity contribution in [3.8, 4) is 0 Å². The fourth-order valence-corrected chi connectivity index (χ4v) is 9.49. The van der Waals surface area contributed by atoms with Crippen molar-refractivity contribution in [2.45, 2.75) is 192 Å². The van der Waals surface area contributed by atoms with Gasteiger partial charge in [0.05, 0.1) is 8.46 Å². The van der Waals surface area contributed by atoms with Crippen molar-refractivity contribution >= 4 is 12.6 Å². The van der Waals surface area contributed by atoms with Crippen molar-refractivity contribution in [1.29, 1.82) is 0 Å². The minimum atomic E-state index is -0.597. The zero-order chi connectivity index (χ0) is 50.2. The van der Waals surface area contributed by atoms with Crippen LogP contribution in [0.1, 0.15) is 193 Å². The van der Waals surface area contributed by atoms with Gasteiger partial charge in [-0.15, -0.1) is 0 Å². The van der Waals surface area contributed by atoms with E-state index in [-0.39, 0.29) is 34.7 Å². The number of aldehydes is 2. The first-order valence-electron chi connectivity index (χ1n) is 25.8. The molecule has 0 amide bonds. The van der Waals surface area contributed by atoms with Crippen LogP contribution in [0.4, 0.5) is 4.53 Å². The van der Waals surface area contributed by atoms with Crippen LogP contribution in [-0.4, -0.2) is 60.7 Å². The molecule has 0 aliphatic heterocycles. The topological polar surface area (TPSA) is 80.3 Å². The Bertz CT molecular complexity index is 1440. The third-order valence-electron chi connectivity index (χ3n) is 13.8. The maximum atomic E-state index is 10.6. The lowest BCUT2D eigenvalue weighted by atomic mass is 9.74. The summed E-state index contributed by atoms with van der Waals surface area (Å²) in [4.78, 5) is 23.7. The van der Waals surface area contributed by atoms with Gasteiger partial charge in [-0.25, -0.2) is 0 Å². The highest BCUT2D eigenvalue weighted by Crippen LogP contribution is 2.37. The molecule has 66 heavy (non-hydrogen) atoms. The molecule has 0 aromatic heterocycles. The van der Waals surface area contributed by atoms with Crippen molar-refractivity contribution in [2.75, 3.05) is 35.5 Å². The van der Waals surface area contributed by atoms with E-state index in [2.05, 4.69) is 123 Å². The third kappa shape index (κ3) is 28.1. The fraction of sp³-hybridized carbons (Fsp3) is 0.759. The van der Waals surface area contributed by atoms with E-state index in [9.17, 15) is 14.1 Å². The Labute approximate surface area is 411 Å². The minimum absolute atomic E-state index is 0. The van der Waals surface area contributed by atoms with Crippen molar-refractivity contribution in [1.82, 2.24) is 0 Å². The predicted octanol–water partition coefficient (Wildman–Crippen LogP) is 16.1. The molecule has 2 aliphatic carbocycles. The first kappa shape index (κ1) is 63.5. The van der Waals surface area contributed by atoms with Crippen LogP contribution >= 0.6 is 0 Å². The van der Waals surface area contributed by atoms with Crippen LogP contribution in [0.2, 0.25) is 0 Å². The highest BCUT2D eigenvalue weighted by Gasteiger charge is 2.27. The summed E-state index contributed by atoms with van der Waals surface area (Å²) in [6.07, 6.45) is 17.2. The summed E-state index contributed by atoms with van der Waals surface area (Å²) in [5.74, 6) is 7.74. The van der Waals surface area contributed by atoms with Crippen LogP contribution in [0.5, 0.6) is 0 Å². The van der Waals surface area contributed by atoms with Gasteiger partial charge in [-0.3, -0.25) is 0 Å². The largest absolute Gasteiger partial charge is 1.00 e. The molecule has 0 radical (unpaired) electrons. The van der Waals surface area contributed by atoms with E-state index in [1.54, 1.807) is 28.4 Å². The summed E-state index contributed by atoms with van der Waals surface area (Å²) < 4.78 is 37.1. The molecule has 2 fully saturated rings. The van der Waals surface area contributed by atoms with Gasteiger partial charge in [-0.1, -0.05) is 165 Å². The van der Waals surface area contributed by atoms with Crippen LogP contribution in [0.3, 0.4) is 0 Å². The van der Waals surface area contributed by atoms with Crippen LogP contribution < -0.4 is 0 Å². The number of methoxy groups -OCH3 is 4. The molecule has 0 N–H and O–H groups in total.